The molecular formula is C7H11F2IO. The first-order valence-corrected chi connectivity index (χ1v) is 5.16. The van der Waals surface area contributed by atoms with E-state index < -0.39 is 11.5 Å². The van der Waals surface area contributed by atoms with Gasteiger partial charge in [-0.1, -0.05) is 22.6 Å². The first-order valence-electron chi connectivity index (χ1n) is 3.64. The number of hydrogen-bond donors (Lipinski definition) is 1. The van der Waals surface area contributed by atoms with Crippen LogP contribution < -0.4 is 0 Å². The summed E-state index contributed by atoms with van der Waals surface area (Å²) in [5.74, 6) is -2.53. The molecule has 1 rings (SSSR count). The number of alkyl halides is 3. The molecule has 0 unspecified atom stereocenters. The summed E-state index contributed by atoms with van der Waals surface area (Å²) in [4.78, 5) is 0. The molecule has 0 bridgehead atoms. The molecule has 0 amide bonds. The molecule has 0 atom stereocenters. The lowest BCUT2D eigenvalue weighted by Crippen LogP contribution is -2.39. The van der Waals surface area contributed by atoms with Gasteiger partial charge in [0.1, 0.15) is 0 Å². The average molecular weight is 276 g/mol. The van der Waals surface area contributed by atoms with Crippen LogP contribution in [0.4, 0.5) is 8.78 Å². The van der Waals surface area contributed by atoms with Crippen LogP contribution in [-0.2, 0) is 0 Å². The third-order valence-corrected chi connectivity index (χ3v) is 3.58. The van der Waals surface area contributed by atoms with Gasteiger partial charge < -0.3 is 5.11 Å². The van der Waals surface area contributed by atoms with E-state index in [1.165, 1.54) is 0 Å². The van der Waals surface area contributed by atoms with E-state index in [9.17, 15) is 13.9 Å². The Hall–Kier alpha value is 0.550. The highest BCUT2D eigenvalue weighted by molar-refractivity contribution is 14.1. The minimum absolute atomic E-state index is 0.160. The first-order chi connectivity index (χ1) is 4.97. The van der Waals surface area contributed by atoms with E-state index in [2.05, 4.69) is 0 Å². The molecule has 1 aliphatic carbocycles. The van der Waals surface area contributed by atoms with Crippen molar-refractivity contribution in [1.82, 2.24) is 0 Å². The zero-order chi connectivity index (χ0) is 8.54. The minimum Gasteiger partial charge on any atom is -0.389 e. The van der Waals surface area contributed by atoms with Gasteiger partial charge in [-0.25, -0.2) is 8.78 Å². The number of halogens is 3. The van der Waals surface area contributed by atoms with Crippen LogP contribution in [0.3, 0.4) is 0 Å². The molecule has 0 aromatic heterocycles. The van der Waals surface area contributed by atoms with E-state index in [4.69, 9.17) is 0 Å². The number of hydrogen-bond acceptors (Lipinski definition) is 1. The van der Waals surface area contributed by atoms with Crippen molar-refractivity contribution < 1.29 is 13.9 Å². The second-order valence-electron chi connectivity index (χ2n) is 3.21. The molecule has 0 saturated heterocycles. The lowest BCUT2D eigenvalue weighted by Gasteiger charge is -2.34. The predicted octanol–water partition coefficient (Wildman–Crippen LogP) is 2.36. The third-order valence-electron chi connectivity index (χ3n) is 2.16. The smallest absolute Gasteiger partial charge is 0.248 e. The van der Waals surface area contributed by atoms with E-state index in [1.807, 2.05) is 22.6 Å². The van der Waals surface area contributed by atoms with E-state index in [0.29, 0.717) is 4.43 Å². The predicted molar refractivity (Wildman–Crippen MR) is 47.3 cm³/mol. The Balaban J connectivity index is 2.48. The maximum atomic E-state index is 12.6. The van der Waals surface area contributed by atoms with Crippen molar-refractivity contribution in [2.75, 3.05) is 4.43 Å². The maximum Gasteiger partial charge on any atom is 0.248 e. The van der Waals surface area contributed by atoms with Crippen LogP contribution in [0.5, 0.6) is 0 Å². The molecule has 1 N–H and O–H groups in total. The Morgan fingerprint density at radius 3 is 2.00 bits per heavy atom. The van der Waals surface area contributed by atoms with Crippen LogP contribution in [-0.4, -0.2) is 21.1 Å². The molecule has 0 aromatic carbocycles. The Labute approximate surface area is 78.3 Å². The second kappa shape index (κ2) is 3.12. The van der Waals surface area contributed by atoms with Crippen molar-refractivity contribution in [3.8, 4) is 0 Å². The minimum atomic E-state index is -2.53. The van der Waals surface area contributed by atoms with Gasteiger partial charge in [0, 0.05) is 17.3 Å². The van der Waals surface area contributed by atoms with Gasteiger partial charge in [0.15, 0.2) is 0 Å². The fourth-order valence-corrected chi connectivity index (χ4v) is 1.98. The summed E-state index contributed by atoms with van der Waals surface area (Å²) in [5.41, 5.74) is -0.817. The monoisotopic (exact) mass is 276 g/mol. The molecule has 0 radical (unpaired) electrons. The molecule has 1 fully saturated rings. The van der Waals surface area contributed by atoms with Crippen molar-refractivity contribution >= 4 is 22.6 Å². The van der Waals surface area contributed by atoms with Crippen LogP contribution in [0.2, 0.25) is 0 Å². The molecule has 0 heterocycles. The van der Waals surface area contributed by atoms with Crippen molar-refractivity contribution in [3.63, 3.8) is 0 Å². The average Bonchev–Trinajstić information content (AvgIpc) is 1.97. The highest BCUT2D eigenvalue weighted by Gasteiger charge is 2.41. The molecule has 11 heavy (non-hydrogen) atoms. The van der Waals surface area contributed by atoms with E-state index >= 15 is 0 Å². The van der Waals surface area contributed by atoms with Gasteiger partial charge in [0.05, 0.1) is 5.60 Å². The molecule has 4 heteroatoms. The second-order valence-corrected chi connectivity index (χ2v) is 3.98. The largest absolute Gasteiger partial charge is 0.389 e. The molecule has 1 saturated carbocycles. The van der Waals surface area contributed by atoms with Gasteiger partial charge in [-0.2, -0.15) is 0 Å². The van der Waals surface area contributed by atoms with Crippen LogP contribution >= 0.6 is 22.6 Å². The van der Waals surface area contributed by atoms with Crippen molar-refractivity contribution in [1.29, 1.82) is 0 Å². The summed E-state index contributed by atoms with van der Waals surface area (Å²) < 4.78 is 25.7. The molecule has 1 nitrogen and oxygen atoms in total. The van der Waals surface area contributed by atoms with Gasteiger partial charge >= 0.3 is 0 Å². The molecule has 0 aromatic rings. The van der Waals surface area contributed by atoms with Gasteiger partial charge in [-0.05, 0) is 12.8 Å². The topological polar surface area (TPSA) is 20.2 Å². The van der Waals surface area contributed by atoms with Crippen LogP contribution in [0.15, 0.2) is 0 Å². The van der Waals surface area contributed by atoms with E-state index in [-0.39, 0.29) is 25.7 Å². The highest BCUT2D eigenvalue weighted by Crippen LogP contribution is 2.39. The van der Waals surface area contributed by atoms with E-state index in [1.54, 1.807) is 0 Å². The molecule has 66 valence electrons. The summed E-state index contributed by atoms with van der Waals surface area (Å²) >= 11 is 2.04. The van der Waals surface area contributed by atoms with Crippen molar-refractivity contribution in [2.45, 2.75) is 37.2 Å². The van der Waals surface area contributed by atoms with Gasteiger partial charge in [-0.3, -0.25) is 0 Å². The SMILES string of the molecule is OC1(CI)CCC(F)(F)CC1. The summed E-state index contributed by atoms with van der Waals surface area (Å²) in [6.07, 6.45) is 0.158. The maximum absolute atomic E-state index is 12.6. The Morgan fingerprint density at radius 2 is 1.64 bits per heavy atom. The summed E-state index contributed by atoms with van der Waals surface area (Å²) in [7, 11) is 0. The Morgan fingerprint density at radius 1 is 1.18 bits per heavy atom. The zero-order valence-corrected chi connectivity index (χ0v) is 8.27. The quantitative estimate of drug-likeness (QED) is 0.576. The van der Waals surface area contributed by atoms with E-state index in [0.717, 1.165) is 0 Å². The summed E-state index contributed by atoms with van der Waals surface area (Å²) in [5, 5.41) is 9.57. The lowest BCUT2D eigenvalue weighted by molar-refractivity contribution is -0.0930. The number of aliphatic hydroxyl groups is 1. The lowest BCUT2D eigenvalue weighted by atomic mass is 9.84. The molecule has 1 aliphatic rings. The fourth-order valence-electron chi connectivity index (χ4n) is 1.21. The zero-order valence-electron chi connectivity index (χ0n) is 6.12. The highest BCUT2D eigenvalue weighted by atomic mass is 127. The first kappa shape index (κ1) is 9.64. The Kier molecular flexibility index (Phi) is 2.74. The van der Waals surface area contributed by atoms with Crippen LogP contribution in [0.1, 0.15) is 25.7 Å². The van der Waals surface area contributed by atoms with Gasteiger partial charge in [-0.15, -0.1) is 0 Å². The van der Waals surface area contributed by atoms with Crippen molar-refractivity contribution in [3.05, 3.63) is 0 Å². The van der Waals surface area contributed by atoms with Gasteiger partial charge in [0.2, 0.25) is 5.92 Å². The number of rotatable bonds is 1. The summed E-state index contributed by atoms with van der Waals surface area (Å²) in [6.45, 7) is 0. The van der Waals surface area contributed by atoms with Gasteiger partial charge in [0.25, 0.3) is 0 Å². The summed E-state index contributed by atoms with van der Waals surface area (Å²) in [6, 6.07) is 0. The van der Waals surface area contributed by atoms with Crippen LogP contribution in [0.25, 0.3) is 0 Å². The third kappa shape index (κ3) is 2.50. The normalized spacial score (nSPS) is 28.4. The standard InChI is InChI=1S/C7H11F2IO/c8-7(9)3-1-6(11,5-10)2-4-7/h11H,1-5H2. The molecule has 0 spiro atoms. The molecule has 0 aliphatic heterocycles. The van der Waals surface area contributed by atoms with Crippen LogP contribution in [0, 0.1) is 0 Å². The fraction of sp³-hybridized carbons (Fsp3) is 1.00. The van der Waals surface area contributed by atoms with Crippen molar-refractivity contribution in [2.24, 2.45) is 0 Å². The molecular weight excluding hydrogens is 265 g/mol. The Bertz CT molecular complexity index is 139.